The minimum atomic E-state index is -1.11. The van der Waals surface area contributed by atoms with E-state index in [2.05, 4.69) is 0 Å². The highest BCUT2D eigenvalue weighted by atomic mass is 16.7. The maximum atomic E-state index is 9.95. The molecule has 1 saturated heterocycles. The summed E-state index contributed by atoms with van der Waals surface area (Å²) in [4.78, 5) is 0. The molecule has 6 heteroatoms. The summed E-state index contributed by atoms with van der Waals surface area (Å²) >= 11 is 0. The molecule has 118 valence electrons. The van der Waals surface area contributed by atoms with Gasteiger partial charge in [-0.05, 0) is 17.7 Å². The lowest BCUT2D eigenvalue weighted by Crippen LogP contribution is -2.55. The van der Waals surface area contributed by atoms with Gasteiger partial charge in [0.05, 0.1) is 26.4 Å². The Labute approximate surface area is 123 Å². The molecule has 1 aromatic carbocycles. The van der Waals surface area contributed by atoms with E-state index in [-0.39, 0.29) is 12.5 Å². The molecule has 1 aliphatic heterocycles. The van der Waals surface area contributed by atoms with Crippen LogP contribution in [0.3, 0.4) is 0 Å². The summed E-state index contributed by atoms with van der Waals surface area (Å²) in [6.07, 6.45) is -3.61. The molecule has 0 saturated carbocycles. The molecule has 3 unspecified atom stereocenters. The number of methoxy groups -OCH3 is 1. The van der Waals surface area contributed by atoms with E-state index >= 15 is 0 Å². The second kappa shape index (κ2) is 7.20. The van der Waals surface area contributed by atoms with Crippen molar-refractivity contribution < 1.29 is 29.5 Å². The summed E-state index contributed by atoms with van der Waals surface area (Å²) < 4.78 is 16.2. The van der Waals surface area contributed by atoms with E-state index in [0.717, 1.165) is 11.3 Å². The highest BCUT2D eigenvalue weighted by Crippen LogP contribution is 2.27. The summed E-state index contributed by atoms with van der Waals surface area (Å²) in [6.45, 7) is 1.67. The molecule has 0 aromatic heterocycles. The lowest BCUT2D eigenvalue weighted by molar-refractivity contribution is -0.285. The second-order valence-corrected chi connectivity index (χ2v) is 5.22. The molecule has 0 radical (unpaired) electrons. The number of rotatable bonds is 5. The fourth-order valence-corrected chi connectivity index (χ4v) is 2.31. The number of aliphatic hydroxyl groups excluding tert-OH is 3. The average Bonchev–Trinajstić information content (AvgIpc) is 2.52. The number of benzene rings is 1. The van der Waals surface area contributed by atoms with Crippen LogP contribution in [-0.2, 0) is 16.1 Å². The van der Waals surface area contributed by atoms with Gasteiger partial charge in [0.2, 0.25) is 0 Å². The van der Waals surface area contributed by atoms with Crippen LogP contribution in [0.25, 0.3) is 0 Å². The highest BCUT2D eigenvalue weighted by Gasteiger charge is 2.42. The van der Waals surface area contributed by atoms with Crippen LogP contribution >= 0.6 is 0 Å². The number of ether oxygens (including phenoxy) is 3. The number of hydrogen-bond acceptors (Lipinski definition) is 6. The van der Waals surface area contributed by atoms with E-state index in [9.17, 15) is 10.2 Å². The lowest BCUT2D eigenvalue weighted by atomic mass is 9.92. The van der Waals surface area contributed by atoms with E-state index in [1.54, 1.807) is 14.0 Å². The van der Waals surface area contributed by atoms with Crippen molar-refractivity contribution in [1.29, 1.82) is 0 Å². The third-order valence-corrected chi connectivity index (χ3v) is 3.76. The summed E-state index contributed by atoms with van der Waals surface area (Å²) in [5.74, 6) is 0.376. The predicted octanol–water partition coefficient (Wildman–Crippen LogP) is 0.287. The largest absolute Gasteiger partial charge is 0.497 e. The van der Waals surface area contributed by atoms with Gasteiger partial charge in [-0.1, -0.05) is 19.1 Å². The van der Waals surface area contributed by atoms with E-state index in [1.807, 2.05) is 24.3 Å². The standard InChI is InChI=1S/C15H22O6/c1-9-13(17)14(18)12(7-16)21-15(9)20-8-10-3-5-11(19-2)6-4-10/h3-6,9,12-18H,7-8H2,1-2H3/t9?,12?,13?,14-,15-/m1/s1. The fraction of sp³-hybridized carbons (Fsp3) is 0.600. The van der Waals surface area contributed by atoms with Crippen LogP contribution in [0.1, 0.15) is 12.5 Å². The monoisotopic (exact) mass is 298 g/mol. The molecule has 0 amide bonds. The molecule has 1 aliphatic rings. The van der Waals surface area contributed by atoms with E-state index in [1.165, 1.54) is 0 Å². The first-order chi connectivity index (χ1) is 10.1. The molecule has 1 fully saturated rings. The Balaban J connectivity index is 1.94. The Morgan fingerprint density at radius 1 is 1.14 bits per heavy atom. The molecule has 5 atom stereocenters. The summed E-state index contributed by atoms with van der Waals surface area (Å²) in [7, 11) is 1.60. The van der Waals surface area contributed by atoms with Crippen LogP contribution in [0, 0.1) is 5.92 Å². The molecule has 0 aliphatic carbocycles. The van der Waals surface area contributed by atoms with Gasteiger partial charge < -0.3 is 29.5 Å². The Morgan fingerprint density at radius 2 is 1.81 bits per heavy atom. The quantitative estimate of drug-likeness (QED) is 0.724. The summed E-state index contributed by atoms with van der Waals surface area (Å²) in [5.41, 5.74) is 0.938. The van der Waals surface area contributed by atoms with Crippen LogP contribution < -0.4 is 4.74 Å². The Morgan fingerprint density at radius 3 is 2.38 bits per heavy atom. The van der Waals surface area contributed by atoms with Gasteiger partial charge >= 0.3 is 0 Å². The van der Waals surface area contributed by atoms with Gasteiger partial charge in [-0.3, -0.25) is 0 Å². The zero-order chi connectivity index (χ0) is 15.4. The zero-order valence-electron chi connectivity index (χ0n) is 12.2. The highest BCUT2D eigenvalue weighted by molar-refractivity contribution is 5.26. The van der Waals surface area contributed by atoms with Crippen LogP contribution in [-0.4, -0.2) is 53.6 Å². The van der Waals surface area contributed by atoms with Crippen molar-refractivity contribution in [3.05, 3.63) is 29.8 Å². The first kappa shape index (κ1) is 16.2. The smallest absolute Gasteiger partial charge is 0.163 e. The van der Waals surface area contributed by atoms with E-state index in [0.29, 0.717) is 6.61 Å². The van der Waals surface area contributed by atoms with E-state index < -0.39 is 24.6 Å². The van der Waals surface area contributed by atoms with Crippen LogP contribution in [0.2, 0.25) is 0 Å². The van der Waals surface area contributed by atoms with Crippen molar-refractivity contribution in [2.75, 3.05) is 13.7 Å². The molecule has 21 heavy (non-hydrogen) atoms. The molecule has 6 nitrogen and oxygen atoms in total. The molecule has 3 N–H and O–H groups in total. The second-order valence-electron chi connectivity index (χ2n) is 5.22. The summed E-state index contributed by atoms with van der Waals surface area (Å²) in [6, 6.07) is 7.42. The Hall–Kier alpha value is -1.18. The van der Waals surface area contributed by atoms with Crippen molar-refractivity contribution in [3.63, 3.8) is 0 Å². The van der Waals surface area contributed by atoms with Gasteiger partial charge in [0.25, 0.3) is 0 Å². The Bertz CT molecular complexity index is 432. The van der Waals surface area contributed by atoms with Crippen molar-refractivity contribution in [3.8, 4) is 5.75 Å². The van der Waals surface area contributed by atoms with Gasteiger partial charge in [-0.25, -0.2) is 0 Å². The topological polar surface area (TPSA) is 88.4 Å². The van der Waals surface area contributed by atoms with Crippen molar-refractivity contribution >= 4 is 0 Å². The molecule has 0 spiro atoms. The molecule has 1 heterocycles. The minimum absolute atomic E-state index is 0.306. The number of aliphatic hydroxyl groups is 3. The average molecular weight is 298 g/mol. The molecular formula is C15H22O6. The maximum Gasteiger partial charge on any atom is 0.163 e. The van der Waals surface area contributed by atoms with Crippen LogP contribution in [0.15, 0.2) is 24.3 Å². The van der Waals surface area contributed by atoms with Crippen molar-refractivity contribution in [1.82, 2.24) is 0 Å². The van der Waals surface area contributed by atoms with Crippen molar-refractivity contribution in [2.24, 2.45) is 5.92 Å². The van der Waals surface area contributed by atoms with Crippen LogP contribution in [0.4, 0.5) is 0 Å². The first-order valence-electron chi connectivity index (χ1n) is 6.93. The van der Waals surface area contributed by atoms with Crippen LogP contribution in [0.5, 0.6) is 5.75 Å². The Kier molecular flexibility index (Phi) is 5.55. The van der Waals surface area contributed by atoms with Gasteiger partial charge in [-0.2, -0.15) is 0 Å². The van der Waals surface area contributed by atoms with E-state index in [4.69, 9.17) is 19.3 Å². The molecule has 2 rings (SSSR count). The van der Waals surface area contributed by atoms with Gasteiger partial charge in [0.15, 0.2) is 6.29 Å². The third-order valence-electron chi connectivity index (χ3n) is 3.76. The first-order valence-corrected chi connectivity index (χ1v) is 6.93. The SMILES string of the molecule is COc1ccc(CO[C@@H]2OC(CO)[C@@H](O)C(O)C2C)cc1. The number of hydrogen-bond donors (Lipinski definition) is 3. The lowest BCUT2D eigenvalue weighted by Gasteiger charge is -2.40. The van der Waals surface area contributed by atoms with Gasteiger partial charge in [0, 0.05) is 5.92 Å². The fourth-order valence-electron chi connectivity index (χ4n) is 2.31. The third kappa shape index (κ3) is 3.72. The normalized spacial score (nSPS) is 32.9. The van der Waals surface area contributed by atoms with Gasteiger partial charge in [-0.15, -0.1) is 0 Å². The van der Waals surface area contributed by atoms with Gasteiger partial charge in [0.1, 0.15) is 18.0 Å². The maximum absolute atomic E-state index is 9.95. The molecule has 1 aromatic rings. The van der Waals surface area contributed by atoms with Crippen molar-refractivity contribution in [2.45, 2.75) is 38.1 Å². The zero-order valence-corrected chi connectivity index (χ0v) is 12.2. The summed E-state index contributed by atoms with van der Waals surface area (Å²) in [5, 5.41) is 28.9. The minimum Gasteiger partial charge on any atom is -0.497 e. The predicted molar refractivity (Wildman–Crippen MR) is 74.7 cm³/mol. The molecule has 0 bridgehead atoms. The molecular weight excluding hydrogens is 276 g/mol.